The van der Waals surface area contributed by atoms with Crippen molar-refractivity contribution >= 4 is 51.5 Å². The SMILES string of the molecule is Cc1c(Cl)cccc1NC(=O)c1c(N)c(C(=O)c2cccs2)n2ccccc12. The molecule has 0 radical (unpaired) electrons. The zero-order valence-corrected chi connectivity index (χ0v) is 16.5. The minimum atomic E-state index is -0.392. The molecule has 4 aromatic rings. The molecule has 0 bridgehead atoms. The van der Waals surface area contributed by atoms with Gasteiger partial charge in [0.1, 0.15) is 5.69 Å². The maximum Gasteiger partial charge on any atom is 0.259 e. The Bertz CT molecular complexity index is 1210. The van der Waals surface area contributed by atoms with Crippen LogP contribution in [0.25, 0.3) is 5.52 Å². The van der Waals surface area contributed by atoms with E-state index in [2.05, 4.69) is 5.32 Å². The van der Waals surface area contributed by atoms with Crippen molar-refractivity contribution in [1.82, 2.24) is 4.40 Å². The number of rotatable bonds is 4. The van der Waals surface area contributed by atoms with Gasteiger partial charge in [-0.15, -0.1) is 11.3 Å². The van der Waals surface area contributed by atoms with Crippen LogP contribution in [0.4, 0.5) is 11.4 Å². The molecular formula is C21H16ClN3O2S. The number of carbonyl (C=O) groups excluding carboxylic acids is 2. The van der Waals surface area contributed by atoms with Crippen molar-refractivity contribution in [3.63, 3.8) is 0 Å². The first-order chi connectivity index (χ1) is 13.5. The molecule has 7 heteroatoms. The highest BCUT2D eigenvalue weighted by molar-refractivity contribution is 7.12. The second kappa shape index (κ2) is 7.14. The van der Waals surface area contributed by atoms with Gasteiger partial charge in [0.25, 0.3) is 5.91 Å². The maximum atomic E-state index is 13.1. The van der Waals surface area contributed by atoms with Gasteiger partial charge in [0.15, 0.2) is 0 Å². The molecule has 4 rings (SSSR count). The fourth-order valence-electron chi connectivity index (χ4n) is 3.15. The number of halogens is 1. The third-order valence-electron chi connectivity index (χ3n) is 4.58. The number of aromatic nitrogens is 1. The van der Waals surface area contributed by atoms with E-state index in [-0.39, 0.29) is 22.7 Å². The number of ketones is 1. The molecule has 0 fully saturated rings. The van der Waals surface area contributed by atoms with E-state index in [0.717, 1.165) is 5.56 Å². The third-order valence-corrected chi connectivity index (χ3v) is 5.86. The summed E-state index contributed by atoms with van der Waals surface area (Å²) in [5, 5.41) is 5.25. The van der Waals surface area contributed by atoms with Crippen LogP contribution in [0.2, 0.25) is 5.02 Å². The number of nitrogen functional groups attached to an aromatic ring is 1. The van der Waals surface area contributed by atoms with Gasteiger partial charge in [0.05, 0.1) is 21.6 Å². The topological polar surface area (TPSA) is 76.6 Å². The predicted octanol–water partition coefficient (Wildman–Crippen LogP) is 5.03. The van der Waals surface area contributed by atoms with E-state index in [1.807, 2.05) is 12.3 Å². The fraction of sp³-hybridized carbons (Fsp3) is 0.0476. The minimum absolute atomic E-state index is 0.154. The van der Waals surface area contributed by atoms with E-state index in [9.17, 15) is 9.59 Å². The highest BCUT2D eigenvalue weighted by Crippen LogP contribution is 2.31. The van der Waals surface area contributed by atoms with E-state index < -0.39 is 5.91 Å². The van der Waals surface area contributed by atoms with Crippen LogP contribution in [0.5, 0.6) is 0 Å². The van der Waals surface area contributed by atoms with Gasteiger partial charge in [-0.3, -0.25) is 9.59 Å². The number of hydrogen-bond donors (Lipinski definition) is 2. The second-order valence-corrected chi connectivity index (χ2v) is 7.62. The number of hydrogen-bond acceptors (Lipinski definition) is 4. The lowest BCUT2D eigenvalue weighted by molar-refractivity contribution is 0.102. The number of nitrogens with one attached hydrogen (secondary N) is 1. The number of nitrogens with two attached hydrogens (primary N) is 1. The van der Waals surface area contributed by atoms with Crippen molar-refractivity contribution in [3.05, 3.63) is 86.8 Å². The lowest BCUT2D eigenvalue weighted by Crippen LogP contribution is -2.14. The molecule has 1 aromatic carbocycles. The molecule has 0 saturated heterocycles. The lowest BCUT2D eigenvalue weighted by Gasteiger charge is -2.09. The van der Waals surface area contributed by atoms with E-state index >= 15 is 0 Å². The molecular weight excluding hydrogens is 394 g/mol. The van der Waals surface area contributed by atoms with Crippen LogP contribution in [0, 0.1) is 6.92 Å². The number of pyridine rings is 1. The average molecular weight is 410 g/mol. The van der Waals surface area contributed by atoms with Gasteiger partial charge in [-0.05, 0) is 48.2 Å². The van der Waals surface area contributed by atoms with Crippen LogP contribution in [0.3, 0.4) is 0 Å². The standard InChI is InChI=1S/C21H16ClN3O2S/c1-12-13(22)6-4-7-14(12)24-21(27)17-15-8-2-3-10-25(15)19(18(17)23)20(26)16-9-5-11-28-16/h2-11H,23H2,1H3,(H,24,27). The highest BCUT2D eigenvalue weighted by atomic mass is 35.5. The molecule has 3 N–H and O–H groups in total. The smallest absolute Gasteiger partial charge is 0.259 e. The van der Waals surface area contributed by atoms with E-state index in [4.69, 9.17) is 17.3 Å². The summed E-state index contributed by atoms with van der Waals surface area (Å²) in [6.45, 7) is 1.82. The van der Waals surface area contributed by atoms with Gasteiger partial charge in [-0.2, -0.15) is 0 Å². The van der Waals surface area contributed by atoms with E-state index in [1.165, 1.54) is 11.3 Å². The molecule has 140 valence electrons. The Morgan fingerprint density at radius 2 is 1.93 bits per heavy atom. The Morgan fingerprint density at radius 3 is 2.68 bits per heavy atom. The summed E-state index contributed by atoms with van der Waals surface area (Å²) in [5.74, 6) is -0.608. The van der Waals surface area contributed by atoms with Gasteiger partial charge in [-0.25, -0.2) is 0 Å². The molecule has 28 heavy (non-hydrogen) atoms. The first-order valence-corrected chi connectivity index (χ1v) is 9.78. The lowest BCUT2D eigenvalue weighted by atomic mass is 10.1. The molecule has 0 unspecified atom stereocenters. The number of fused-ring (bicyclic) bond motifs is 1. The van der Waals surface area contributed by atoms with Gasteiger partial charge in [0, 0.05) is 16.9 Å². The van der Waals surface area contributed by atoms with E-state index in [1.54, 1.807) is 59.1 Å². The Hall–Kier alpha value is -3.09. The van der Waals surface area contributed by atoms with Crippen molar-refractivity contribution in [1.29, 1.82) is 0 Å². The predicted molar refractivity (Wildman–Crippen MR) is 114 cm³/mol. The second-order valence-electron chi connectivity index (χ2n) is 6.27. The number of carbonyl (C=O) groups is 2. The summed E-state index contributed by atoms with van der Waals surface area (Å²) in [5.41, 5.74) is 8.94. The summed E-state index contributed by atoms with van der Waals surface area (Å²) >= 11 is 7.48. The Labute approximate surface area is 170 Å². The molecule has 0 aliphatic rings. The van der Waals surface area contributed by atoms with Gasteiger partial charge in [0.2, 0.25) is 5.78 Å². The van der Waals surface area contributed by atoms with Gasteiger partial charge in [-0.1, -0.05) is 29.8 Å². The summed E-state index contributed by atoms with van der Waals surface area (Å²) in [7, 11) is 0. The fourth-order valence-corrected chi connectivity index (χ4v) is 3.99. The van der Waals surface area contributed by atoms with Crippen LogP contribution in [0.1, 0.15) is 31.3 Å². The molecule has 5 nitrogen and oxygen atoms in total. The molecule has 0 saturated carbocycles. The normalized spacial score (nSPS) is 10.9. The van der Waals surface area contributed by atoms with E-state index in [0.29, 0.717) is 21.1 Å². The van der Waals surface area contributed by atoms with Crippen LogP contribution < -0.4 is 11.1 Å². The summed E-state index contributed by atoms with van der Waals surface area (Å²) in [6, 6.07) is 14.2. The minimum Gasteiger partial charge on any atom is -0.396 e. The van der Waals surface area contributed by atoms with Crippen LogP contribution in [-0.2, 0) is 0 Å². The van der Waals surface area contributed by atoms with Crippen molar-refractivity contribution < 1.29 is 9.59 Å². The van der Waals surface area contributed by atoms with Gasteiger partial charge >= 0.3 is 0 Å². The van der Waals surface area contributed by atoms with Crippen LogP contribution in [0.15, 0.2) is 60.1 Å². The Morgan fingerprint density at radius 1 is 1.11 bits per heavy atom. The number of amides is 1. The molecule has 0 aliphatic carbocycles. The largest absolute Gasteiger partial charge is 0.396 e. The Balaban J connectivity index is 1.84. The monoisotopic (exact) mass is 409 g/mol. The number of benzene rings is 1. The quantitative estimate of drug-likeness (QED) is 0.464. The third kappa shape index (κ3) is 2.96. The first-order valence-electron chi connectivity index (χ1n) is 8.52. The zero-order chi connectivity index (χ0) is 19.8. The first kappa shape index (κ1) is 18.3. The van der Waals surface area contributed by atoms with Crippen LogP contribution >= 0.6 is 22.9 Å². The molecule has 1 amide bonds. The average Bonchev–Trinajstić information content (AvgIpc) is 3.31. The maximum absolute atomic E-state index is 13.1. The van der Waals surface area contributed by atoms with Crippen molar-refractivity contribution in [2.75, 3.05) is 11.1 Å². The number of nitrogens with zero attached hydrogens (tertiary/aromatic N) is 1. The van der Waals surface area contributed by atoms with Gasteiger partial charge < -0.3 is 15.5 Å². The van der Waals surface area contributed by atoms with Crippen molar-refractivity contribution in [3.8, 4) is 0 Å². The summed E-state index contributed by atoms with van der Waals surface area (Å²) in [6.07, 6.45) is 1.73. The zero-order valence-electron chi connectivity index (χ0n) is 14.9. The Kier molecular flexibility index (Phi) is 4.66. The molecule has 3 heterocycles. The highest BCUT2D eigenvalue weighted by Gasteiger charge is 2.26. The summed E-state index contributed by atoms with van der Waals surface area (Å²) in [4.78, 5) is 26.6. The summed E-state index contributed by atoms with van der Waals surface area (Å²) < 4.78 is 1.66. The number of anilines is 2. The molecule has 3 aromatic heterocycles. The van der Waals surface area contributed by atoms with Crippen molar-refractivity contribution in [2.45, 2.75) is 6.92 Å². The van der Waals surface area contributed by atoms with Crippen molar-refractivity contribution in [2.24, 2.45) is 0 Å². The molecule has 0 atom stereocenters. The molecule has 0 spiro atoms. The van der Waals surface area contributed by atoms with Crippen LogP contribution in [-0.4, -0.2) is 16.1 Å². The molecule has 0 aliphatic heterocycles. The number of thiophene rings is 1.